The van der Waals surface area contributed by atoms with E-state index in [1.165, 1.54) is 7.11 Å². The van der Waals surface area contributed by atoms with Gasteiger partial charge < -0.3 is 14.6 Å². The van der Waals surface area contributed by atoms with Crippen molar-refractivity contribution in [3.05, 3.63) is 71.8 Å². The zero-order chi connectivity index (χ0) is 14.9. The van der Waals surface area contributed by atoms with Crippen LogP contribution in [0.2, 0.25) is 0 Å². The minimum atomic E-state index is -0.822. The highest BCUT2D eigenvalue weighted by atomic mass is 16.7. The number of aliphatic hydroxyl groups excluding tert-OH is 1. The van der Waals surface area contributed by atoms with E-state index in [1.807, 2.05) is 60.7 Å². The molecule has 108 valence electrons. The molecule has 0 spiro atoms. The molecule has 0 unspecified atom stereocenters. The molecule has 0 saturated carbocycles. The van der Waals surface area contributed by atoms with Crippen LogP contribution in [0, 0.1) is 11.8 Å². The number of ether oxygens (including phenoxy) is 2. The average Bonchev–Trinajstić information content (AvgIpc) is 2.56. The van der Waals surface area contributed by atoms with Crippen LogP contribution in [0.3, 0.4) is 0 Å². The maximum absolute atomic E-state index is 10.4. The largest absolute Gasteiger partial charge is 0.385 e. The Morgan fingerprint density at radius 3 is 2.24 bits per heavy atom. The van der Waals surface area contributed by atoms with Gasteiger partial charge in [-0.05, 0) is 17.7 Å². The molecule has 1 N–H and O–H groups in total. The lowest BCUT2D eigenvalue weighted by molar-refractivity contribution is -0.0904. The van der Waals surface area contributed by atoms with Crippen molar-refractivity contribution in [1.82, 2.24) is 0 Å². The zero-order valence-corrected chi connectivity index (χ0v) is 11.9. The Morgan fingerprint density at radius 1 is 1.00 bits per heavy atom. The molecule has 21 heavy (non-hydrogen) atoms. The van der Waals surface area contributed by atoms with Crippen molar-refractivity contribution >= 4 is 0 Å². The third-order valence-corrected chi connectivity index (χ3v) is 2.93. The van der Waals surface area contributed by atoms with E-state index in [9.17, 15) is 5.11 Å². The van der Waals surface area contributed by atoms with Crippen LogP contribution in [-0.4, -0.2) is 25.1 Å². The Hall–Kier alpha value is -2.12. The number of rotatable bonds is 5. The Morgan fingerprint density at radius 2 is 1.62 bits per heavy atom. The van der Waals surface area contributed by atoms with Crippen molar-refractivity contribution in [1.29, 1.82) is 0 Å². The van der Waals surface area contributed by atoms with E-state index < -0.39 is 12.2 Å². The molecule has 0 aliphatic heterocycles. The number of hydrogen-bond acceptors (Lipinski definition) is 3. The first kappa shape index (κ1) is 15.3. The first-order valence-corrected chi connectivity index (χ1v) is 6.71. The normalized spacial score (nSPS) is 13.0. The summed E-state index contributed by atoms with van der Waals surface area (Å²) in [5.41, 5.74) is 1.64. The summed E-state index contributed by atoms with van der Waals surface area (Å²) in [6, 6.07) is 18.9. The van der Waals surface area contributed by atoms with Gasteiger partial charge in [-0.1, -0.05) is 60.4 Å². The van der Waals surface area contributed by atoms with Crippen molar-refractivity contribution in [2.24, 2.45) is 0 Å². The van der Waals surface area contributed by atoms with E-state index >= 15 is 0 Å². The minimum absolute atomic E-state index is 0.0814. The average molecular weight is 282 g/mol. The summed E-state index contributed by atoms with van der Waals surface area (Å²) in [5.74, 6) is 5.98. The zero-order valence-electron chi connectivity index (χ0n) is 11.9. The summed E-state index contributed by atoms with van der Waals surface area (Å²) in [6.07, 6.45) is -1.47. The number of benzene rings is 2. The highest BCUT2D eigenvalue weighted by Crippen LogP contribution is 2.18. The van der Waals surface area contributed by atoms with Crippen LogP contribution < -0.4 is 0 Å². The van der Waals surface area contributed by atoms with Crippen molar-refractivity contribution in [3.63, 3.8) is 0 Å². The molecule has 0 heterocycles. The second kappa shape index (κ2) is 8.23. The highest BCUT2D eigenvalue weighted by Gasteiger charge is 2.19. The molecule has 0 bridgehead atoms. The van der Waals surface area contributed by atoms with Gasteiger partial charge in [-0.2, -0.15) is 0 Å². The SMILES string of the molecule is COCO[C@@H](C#Cc1ccccc1)[C@H](O)c1ccccc1. The summed E-state index contributed by atoms with van der Waals surface area (Å²) in [6.45, 7) is 0.0814. The van der Waals surface area contributed by atoms with Crippen LogP contribution in [0.1, 0.15) is 17.2 Å². The molecule has 0 fully saturated rings. The van der Waals surface area contributed by atoms with Gasteiger partial charge in [-0.3, -0.25) is 0 Å². The number of aliphatic hydroxyl groups is 1. The molecular formula is C18H18O3. The third kappa shape index (κ3) is 4.73. The fraction of sp³-hybridized carbons (Fsp3) is 0.222. The number of methoxy groups -OCH3 is 1. The van der Waals surface area contributed by atoms with E-state index in [-0.39, 0.29) is 6.79 Å². The van der Waals surface area contributed by atoms with Crippen LogP contribution >= 0.6 is 0 Å². The van der Waals surface area contributed by atoms with E-state index in [4.69, 9.17) is 9.47 Å². The van der Waals surface area contributed by atoms with Gasteiger partial charge in [0.1, 0.15) is 12.9 Å². The molecule has 2 aromatic rings. The Balaban J connectivity index is 2.16. The Labute approximate surface area is 125 Å². The van der Waals surface area contributed by atoms with Crippen LogP contribution in [0.5, 0.6) is 0 Å². The van der Waals surface area contributed by atoms with Gasteiger partial charge in [0.05, 0.1) is 0 Å². The van der Waals surface area contributed by atoms with Gasteiger partial charge in [0.15, 0.2) is 6.10 Å². The van der Waals surface area contributed by atoms with Gasteiger partial charge in [-0.15, -0.1) is 0 Å². The molecule has 2 rings (SSSR count). The predicted octanol–water partition coefficient (Wildman–Crippen LogP) is 2.76. The van der Waals surface area contributed by atoms with Crippen molar-refractivity contribution in [3.8, 4) is 11.8 Å². The molecule has 0 aromatic heterocycles. The Bertz CT molecular complexity index is 584. The van der Waals surface area contributed by atoms with Crippen LogP contribution in [0.15, 0.2) is 60.7 Å². The molecule has 3 heteroatoms. The summed E-state index contributed by atoms with van der Waals surface area (Å²) in [7, 11) is 1.54. The minimum Gasteiger partial charge on any atom is -0.385 e. The molecule has 2 atom stereocenters. The van der Waals surface area contributed by atoms with E-state index in [0.29, 0.717) is 0 Å². The highest BCUT2D eigenvalue weighted by molar-refractivity contribution is 5.35. The van der Waals surface area contributed by atoms with E-state index in [1.54, 1.807) is 0 Å². The lowest BCUT2D eigenvalue weighted by Gasteiger charge is -2.18. The van der Waals surface area contributed by atoms with Crippen LogP contribution in [0.4, 0.5) is 0 Å². The molecule has 2 aromatic carbocycles. The van der Waals surface area contributed by atoms with Gasteiger partial charge in [0.25, 0.3) is 0 Å². The number of hydrogen-bond donors (Lipinski definition) is 1. The molecule has 0 radical (unpaired) electrons. The van der Waals surface area contributed by atoms with Crippen molar-refractivity contribution in [2.45, 2.75) is 12.2 Å². The Kier molecular flexibility index (Phi) is 5.99. The van der Waals surface area contributed by atoms with Crippen LogP contribution in [0.25, 0.3) is 0 Å². The lowest BCUT2D eigenvalue weighted by atomic mass is 10.0. The monoisotopic (exact) mass is 282 g/mol. The molecule has 0 amide bonds. The van der Waals surface area contributed by atoms with Gasteiger partial charge in [-0.25, -0.2) is 0 Å². The molecule has 0 aliphatic rings. The maximum Gasteiger partial charge on any atom is 0.151 e. The van der Waals surface area contributed by atoms with E-state index in [2.05, 4.69) is 11.8 Å². The third-order valence-electron chi connectivity index (χ3n) is 2.93. The molecular weight excluding hydrogens is 264 g/mol. The van der Waals surface area contributed by atoms with Gasteiger partial charge >= 0.3 is 0 Å². The quantitative estimate of drug-likeness (QED) is 0.677. The van der Waals surface area contributed by atoms with Crippen molar-refractivity contribution < 1.29 is 14.6 Å². The fourth-order valence-corrected chi connectivity index (χ4v) is 1.85. The first-order valence-electron chi connectivity index (χ1n) is 6.71. The van der Waals surface area contributed by atoms with Crippen molar-refractivity contribution in [2.75, 3.05) is 13.9 Å². The smallest absolute Gasteiger partial charge is 0.151 e. The van der Waals surface area contributed by atoms with Crippen LogP contribution in [-0.2, 0) is 9.47 Å². The standard InChI is InChI=1S/C18H18O3/c1-20-14-21-17(13-12-15-8-4-2-5-9-15)18(19)16-10-6-3-7-11-16/h2-11,17-19H,14H2,1H3/t17-,18+/m0/s1. The second-order valence-corrected chi connectivity index (χ2v) is 4.48. The van der Waals surface area contributed by atoms with Gasteiger partial charge in [0, 0.05) is 12.7 Å². The summed E-state index contributed by atoms with van der Waals surface area (Å²) in [4.78, 5) is 0. The maximum atomic E-state index is 10.4. The summed E-state index contributed by atoms with van der Waals surface area (Å²) in [5, 5.41) is 10.4. The molecule has 0 saturated heterocycles. The predicted molar refractivity (Wildman–Crippen MR) is 81.5 cm³/mol. The summed E-state index contributed by atoms with van der Waals surface area (Å²) >= 11 is 0. The first-order chi connectivity index (χ1) is 10.3. The van der Waals surface area contributed by atoms with Gasteiger partial charge in [0.2, 0.25) is 0 Å². The van der Waals surface area contributed by atoms with E-state index in [0.717, 1.165) is 11.1 Å². The molecule has 0 aliphatic carbocycles. The molecule has 3 nitrogen and oxygen atoms in total. The second-order valence-electron chi connectivity index (χ2n) is 4.48. The lowest BCUT2D eigenvalue weighted by Crippen LogP contribution is -2.21. The summed E-state index contributed by atoms with van der Waals surface area (Å²) < 4.78 is 10.4. The fourth-order valence-electron chi connectivity index (χ4n) is 1.85. The topological polar surface area (TPSA) is 38.7 Å².